The lowest BCUT2D eigenvalue weighted by atomic mass is 10.1. The molecule has 0 radical (unpaired) electrons. The quantitative estimate of drug-likeness (QED) is 0.268. The van der Waals surface area contributed by atoms with E-state index in [2.05, 4.69) is 23.6 Å². The summed E-state index contributed by atoms with van der Waals surface area (Å²) in [6.07, 6.45) is 11.0. The van der Waals surface area contributed by atoms with Crippen molar-refractivity contribution in [2.24, 2.45) is 10.1 Å². The van der Waals surface area contributed by atoms with Crippen molar-refractivity contribution in [2.75, 3.05) is 12.4 Å². The number of ether oxygens (including phenoxy) is 2. The number of hydrogen-bond acceptors (Lipinski definition) is 7. The molecule has 2 fully saturated rings. The van der Waals surface area contributed by atoms with Gasteiger partial charge in [0.1, 0.15) is 10.5 Å². The Labute approximate surface area is 198 Å². The maximum Gasteiger partial charge on any atom is 0.283 e. The summed E-state index contributed by atoms with van der Waals surface area (Å²) in [5.74, 6) is 0.676. The minimum Gasteiger partial charge on any atom is -0.377 e. The van der Waals surface area contributed by atoms with Crippen LogP contribution in [-0.2, 0) is 14.3 Å². The number of aliphatic imine (C=N–C) groups is 1. The van der Waals surface area contributed by atoms with Gasteiger partial charge in [-0.05, 0) is 75.6 Å². The van der Waals surface area contributed by atoms with Gasteiger partial charge in [0, 0.05) is 12.4 Å². The van der Waals surface area contributed by atoms with Crippen LogP contribution in [0.4, 0.5) is 0 Å². The molecule has 0 aromatic rings. The van der Waals surface area contributed by atoms with Gasteiger partial charge >= 0.3 is 0 Å². The third-order valence-electron chi connectivity index (χ3n) is 6.03. The van der Waals surface area contributed by atoms with Crippen molar-refractivity contribution in [3.63, 3.8) is 0 Å². The van der Waals surface area contributed by atoms with E-state index >= 15 is 0 Å². The van der Waals surface area contributed by atoms with E-state index in [0.717, 1.165) is 75.2 Å². The second kappa shape index (κ2) is 11.1. The van der Waals surface area contributed by atoms with E-state index in [1.807, 2.05) is 0 Å². The summed E-state index contributed by atoms with van der Waals surface area (Å²) >= 11 is 3.19. The number of amides is 1. The van der Waals surface area contributed by atoms with Gasteiger partial charge in [0.2, 0.25) is 5.17 Å². The van der Waals surface area contributed by atoms with E-state index in [0.29, 0.717) is 11.3 Å². The van der Waals surface area contributed by atoms with Gasteiger partial charge in [-0.15, -0.1) is 11.8 Å². The Morgan fingerprint density at radius 1 is 1.38 bits per heavy atom. The Balaban J connectivity index is 1.30. The number of nitrogens with zero attached hydrogens (tertiary/aromatic N) is 3. The average Bonchev–Trinajstić information content (AvgIpc) is 3.53. The SMILES string of the molecule is C=C(CC)CCCCC1=NN2C(=N)/C(=C\C3CCC(SCC4CCCO4)O3)C(=O)N=C2S1. The predicted octanol–water partition coefficient (Wildman–Crippen LogP) is 5.09. The third-order valence-corrected chi connectivity index (χ3v) is 8.28. The molecule has 0 bridgehead atoms. The number of fused-ring (bicyclic) bond motifs is 1. The van der Waals surface area contributed by atoms with Crippen molar-refractivity contribution in [1.29, 1.82) is 5.41 Å². The lowest BCUT2D eigenvalue weighted by molar-refractivity contribution is -0.114. The molecule has 0 aliphatic carbocycles. The van der Waals surface area contributed by atoms with Crippen LogP contribution in [0.25, 0.3) is 0 Å². The highest BCUT2D eigenvalue weighted by Crippen LogP contribution is 2.34. The third kappa shape index (κ3) is 5.92. The molecular formula is C23H32N4O3S2. The highest BCUT2D eigenvalue weighted by molar-refractivity contribution is 8.26. The molecule has 3 unspecified atom stereocenters. The van der Waals surface area contributed by atoms with Gasteiger partial charge in [0.25, 0.3) is 5.91 Å². The maximum atomic E-state index is 12.6. The first-order valence-corrected chi connectivity index (χ1v) is 13.4. The van der Waals surface area contributed by atoms with Gasteiger partial charge in [0.05, 0.1) is 17.8 Å². The molecular weight excluding hydrogens is 444 g/mol. The summed E-state index contributed by atoms with van der Waals surface area (Å²) in [4.78, 5) is 16.8. The molecule has 9 heteroatoms. The smallest absolute Gasteiger partial charge is 0.283 e. The molecule has 4 aliphatic heterocycles. The number of hydrogen-bond donors (Lipinski definition) is 1. The highest BCUT2D eigenvalue weighted by Gasteiger charge is 2.36. The van der Waals surface area contributed by atoms with E-state index in [-0.39, 0.29) is 28.9 Å². The molecule has 1 N–H and O–H groups in total. The Kier molecular flexibility index (Phi) is 8.26. The number of hydrazone groups is 1. The fraction of sp³-hybridized carbons (Fsp3) is 0.652. The predicted molar refractivity (Wildman–Crippen MR) is 132 cm³/mol. The van der Waals surface area contributed by atoms with Crippen molar-refractivity contribution in [1.82, 2.24) is 5.01 Å². The first-order valence-electron chi connectivity index (χ1n) is 11.6. The molecule has 174 valence electrons. The van der Waals surface area contributed by atoms with Crippen molar-refractivity contribution < 1.29 is 14.3 Å². The Hall–Kier alpha value is -1.42. The molecule has 2 saturated heterocycles. The van der Waals surface area contributed by atoms with Gasteiger partial charge < -0.3 is 9.47 Å². The van der Waals surface area contributed by atoms with Crippen LogP contribution in [0.15, 0.2) is 33.9 Å². The minimum absolute atomic E-state index is 0.0981. The van der Waals surface area contributed by atoms with Gasteiger partial charge in [-0.2, -0.15) is 15.1 Å². The molecule has 0 aromatic heterocycles. The van der Waals surface area contributed by atoms with Crippen molar-refractivity contribution in [2.45, 2.75) is 82.4 Å². The zero-order valence-corrected chi connectivity index (χ0v) is 20.3. The van der Waals surface area contributed by atoms with Crippen LogP contribution in [0, 0.1) is 5.41 Å². The molecule has 0 aromatic carbocycles. The van der Waals surface area contributed by atoms with Crippen LogP contribution in [0.3, 0.4) is 0 Å². The summed E-state index contributed by atoms with van der Waals surface area (Å²) in [7, 11) is 0. The topological polar surface area (TPSA) is 87.3 Å². The zero-order chi connectivity index (χ0) is 22.5. The molecule has 0 saturated carbocycles. The monoisotopic (exact) mass is 476 g/mol. The number of nitrogens with one attached hydrogen (secondary N) is 1. The first kappa shape index (κ1) is 23.7. The summed E-state index contributed by atoms with van der Waals surface area (Å²) in [6, 6.07) is 0. The fourth-order valence-corrected chi connectivity index (χ4v) is 6.18. The summed E-state index contributed by atoms with van der Waals surface area (Å²) in [5.41, 5.74) is 1.67. The number of amidine groups is 2. The second-order valence-electron chi connectivity index (χ2n) is 8.50. The average molecular weight is 477 g/mol. The minimum atomic E-state index is -0.372. The molecule has 3 atom stereocenters. The van der Waals surface area contributed by atoms with Crippen LogP contribution >= 0.6 is 23.5 Å². The molecule has 0 spiro atoms. The zero-order valence-electron chi connectivity index (χ0n) is 18.7. The number of allylic oxidation sites excluding steroid dienone is 1. The second-order valence-corrected chi connectivity index (χ2v) is 10.7. The number of unbranched alkanes of at least 4 members (excludes halogenated alkanes) is 1. The Bertz CT molecular complexity index is 848. The van der Waals surface area contributed by atoms with Crippen molar-refractivity contribution >= 4 is 45.5 Å². The molecule has 4 rings (SSSR count). The number of thioether (sulfide) groups is 2. The van der Waals surface area contributed by atoms with Crippen molar-refractivity contribution in [3.05, 3.63) is 23.8 Å². The van der Waals surface area contributed by atoms with E-state index in [9.17, 15) is 4.79 Å². The van der Waals surface area contributed by atoms with Gasteiger partial charge in [0.15, 0.2) is 5.84 Å². The summed E-state index contributed by atoms with van der Waals surface area (Å²) in [6.45, 7) is 7.05. The largest absolute Gasteiger partial charge is 0.377 e. The fourth-order valence-electron chi connectivity index (χ4n) is 4.03. The molecule has 4 aliphatic rings. The molecule has 4 heterocycles. The lowest BCUT2D eigenvalue weighted by Crippen LogP contribution is -2.36. The van der Waals surface area contributed by atoms with E-state index in [1.165, 1.54) is 22.3 Å². The van der Waals surface area contributed by atoms with Crippen LogP contribution in [-0.4, -0.2) is 57.0 Å². The normalized spacial score (nSPS) is 29.0. The molecule has 32 heavy (non-hydrogen) atoms. The van der Waals surface area contributed by atoms with Crippen LogP contribution in [0.2, 0.25) is 0 Å². The van der Waals surface area contributed by atoms with Crippen LogP contribution in [0.1, 0.15) is 64.7 Å². The lowest BCUT2D eigenvalue weighted by Gasteiger charge is -2.21. The summed E-state index contributed by atoms with van der Waals surface area (Å²) < 4.78 is 11.8. The van der Waals surface area contributed by atoms with Crippen LogP contribution in [0.5, 0.6) is 0 Å². The Morgan fingerprint density at radius 2 is 2.25 bits per heavy atom. The van der Waals surface area contributed by atoms with Gasteiger partial charge in [-0.3, -0.25) is 10.2 Å². The van der Waals surface area contributed by atoms with Gasteiger partial charge in [-0.25, -0.2) is 0 Å². The molecule has 7 nitrogen and oxygen atoms in total. The van der Waals surface area contributed by atoms with Gasteiger partial charge in [-0.1, -0.05) is 19.1 Å². The number of carbonyl (C=O) groups is 1. The number of rotatable bonds is 10. The first-order chi connectivity index (χ1) is 15.5. The Morgan fingerprint density at radius 3 is 3.03 bits per heavy atom. The summed E-state index contributed by atoms with van der Waals surface area (Å²) in [5, 5.41) is 16.0. The standard InChI is InChI=1S/C23H32N4O3S2/c1-3-15(2)7-4-5-9-19-26-27-21(24)18(22(28)25-23(27)32-19)13-16-10-11-20(30-16)31-14-17-8-6-12-29-17/h13,16-17,20,24H,2-12,14H2,1H3/b18-13+,24-21?. The van der Waals surface area contributed by atoms with E-state index < -0.39 is 0 Å². The van der Waals surface area contributed by atoms with Crippen molar-refractivity contribution in [3.8, 4) is 0 Å². The van der Waals surface area contributed by atoms with Crippen LogP contribution < -0.4 is 0 Å². The maximum absolute atomic E-state index is 12.6. The van der Waals surface area contributed by atoms with E-state index in [1.54, 1.807) is 17.8 Å². The number of carbonyl (C=O) groups excluding carboxylic acids is 1. The molecule has 1 amide bonds. The highest BCUT2D eigenvalue weighted by atomic mass is 32.2. The van der Waals surface area contributed by atoms with E-state index in [4.69, 9.17) is 14.9 Å².